The Morgan fingerprint density at radius 1 is 1.21 bits per heavy atom. The van der Waals surface area contributed by atoms with E-state index in [9.17, 15) is 4.79 Å². The Labute approximate surface area is 190 Å². The van der Waals surface area contributed by atoms with Crippen LogP contribution in [0.1, 0.15) is 58.6 Å². The summed E-state index contributed by atoms with van der Waals surface area (Å²) in [6.45, 7) is 7.19. The molecule has 0 radical (unpaired) electrons. The van der Waals surface area contributed by atoms with Gasteiger partial charge in [-0.2, -0.15) is 0 Å². The van der Waals surface area contributed by atoms with Crippen LogP contribution < -0.4 is 15.5 Å². The number of thiazole rings is 1. The van der Waals surface area contributed by atoms with Crippen molar-refractivity contribution in [1.82, 2.24) is 15.6 Å². The van der Waals surface area contributed by atoms with Gasteiger partial charge >= 0.3 is 5.97 Å². The molecule has 7 nitrogen and oxygen atoms in total. The molecule has 1 rings (SSSR count). The van der Waals surface area contributed by atoms with Crippen LogP contribution in [0.5, 0.6) is 0 Å². The van der Waals surface area contributed by atoms with Crippen molar-refractivity contribution in [2.45, 2.75) is 65.0 Å². The maximum Gasteiger partial charge on any atom is 0.306 e. The molecule has 2 N–H and O–H groups in total. The fourth-order valence-corrected chi connectivity index (χ4v) is 3.08. The number of nitrogens with one attached hydrogen (secondary N) is 2. The lowest BCUT2D eigenvalue weighted by molar-refractivity contribution is -0.154. The summed E-state index contributed by atoms with van der Waals surface area (Å²) in [7, 11) is 5.75. The molecule has 0 aromatic carbocycles. The minimum absolute atomic E-state index is 0. The normalized spacial score (nSPS) is 11.6. The molecule has 0 amide bonds. The van der Waals surface area contributed by atoms with Crippen LogP contribution in [0.4, 0.5) is 5.13 Å². The van der Waals surface area contributed by atoms with Crippen molar-refractivity contribution in [3.05, 3.63) is 11.1 Å². The molecule has 0 aliphatic carbocycles. The number of hydrogen-bond donors (Lipinski definition) is 2. The van der Waals surface area contributed by atoms with E-state index in [1.165, 1.54) is 0 Å². The number of ether oxygens (including phenoxy) is 1. The first-order chi connectivity index (χ1) is 12.7. The molecule has 28 heavy (non-hydrogen) atoms. The second-order valence-electron chi connectivity index (χ2n) is 7.62. The molecule has 1 aromatic heterocycles. The Morgan fingerprint density at radius 2 is 1.89 bits per heavy atom. The second kappa shape index (κ2) is 14.0. The number of unbranched alkanes of at least 4 members (excludes halogenated alkanes) is 3. The summed E-state index contributed by atoms with van der Waals surface area (Å²) in [5.74, 6) is 0.674. The molecule has 0 atom stereocenters. The lowest BCUT2D eigenvalue weighted by atomic mass is 10.1. The first-order valence-electron chi connectivity index (χ1n) is 9.49. The van der Waals surface area contributed by atoms with Gasteiger partial charge in [-0.15, -0.1) is 35.3 Å². The standard InChI is InChI=1S/C19H35N5O2S.HI/c1-19(2,3)26-16(25)11-9-7-8-10-12-21-17(20-4)22-13-15-14-27-18(23-15)24(5)6;/h14H,7-13H2,1-6H3,(H2,20,21,22);1H. The Hall–Kier alpha value is -1.10. The summed E-state index contributed by atoms with van der Waals surface area (Å²) in [6, 6.07) is 0. The predicted octanol–water partition coefficient (Wildman–Crippen LogP) is 3.78. The number of rotatable bonds is 10. The highest BCUT2D eigenvalue weighted by Crippen LogP contribution is 2.17. The van der Waals surface area contributed by atoms with E-state index in [4.69, 9.17) is 4.74 Å². The topological polar surface area (TPSA) is 78.8 Å². The molecular weight excluding hydrogens is 489 g/mol. The van der Waals surface area contributed by atoms with Crippen molar-refractivity contribution >= 4 is 52.4 Å². The Bertz CT molecular complexity index is 599. The molecule has 9 heteroatoms. The quantitative estimate of drug-likeness (QED) is 0.159. The van der Waals surface area contributed by atoms with Gasteiger partial charge in [0.05, 0.1) is 12.2 Å². The summed E-state index contributed by atoms with van der Waals surface area (Å²) in [4.78, 5) is 22.4. The number of anilines is 1. The van der Waals surface area contributed by atoms with Crippen molar-refractivity contribution in [3.63, 3.8) is 0 Å². The molecule has 0 saturated heterocycles. The summed E-state index contributed by atoms with van der Waals surface area (Å²) in [6.07, 6.45) is 4.51. The molecule has 1 heterocycles. The maximum absolute atomic E-state index is 11.6. The second-order valence-corrected chi connectivity index (χ2v) is 8.46. The predicted molar refractivity (Wildman–Crippen MR) is 129 cm³/mol. The van der Waals surface area contributed by atoms with E-state index in [1.54, 1.807) is 18.4 Å². The van der Waals surface area contributed by atoms with Crippen LogP contribution in [0, 0.1) is 0 Å². The Kier molecular flexibility index (Phi) is 13.4. The van der Waals surface area contributed by atoms with Gasteiger partial charge in [0.25, 0.3) is 0 Å². The van der Waals surface area contributed by atoms with E-state index in [1.807, 2.05) is 39.8 Å². The van der Waals surface area contributed by atoms with Gasteiger partial charge in [-0.25, -0.2) is 4.98 Å². The third-order valence-electron chi connectivity index (χ3n) is 3.60. The first-order valence-corrected chi connectivity index (χ1v) is 10.4. The SMILES string of the molecule is CN=C(NCCCCCCC(=O)OC(C)(C)C)NCc1csc(N(C)C)n1.I. The molecule has 0 aliphatic rings. The van der Waals surface area contributed by atoms with Crippen LogP contribution in [0.25, 0.3) is 0 Å². The van der Waals surface area contributed by atoms with Crippen molar-refractivity contribution in [2.24, 2.45) is 4.99 Å². The molecule has 0 unspecified atom stereocenters. The highest BCUT2D eigenvalue weighted by atomic mass is 127. The van der Waals surface area contributed by atoms with Crippen LogP contribution in [-0.4, -0.2) is 50.2 Å². The van der Waals surface area contributed by atoms with Crippen LogP contribution in [0.15, 0.2) is 10.4 Å². The van der Waals surface area contributed by atoms with E-state index < -0.39 is 5.60 Å². The summed E-state index contributed by atoms with van der Waals surface area (Å²) >= 11 is 1.63. The van der Waals surface area contributed by atoms with E-state index in [2.05, 4.69) is 26.0 Å². The fourth-order valence-electron chi connectivity index (χ4n) is 2.32. The van der Waals surface area contributed by atoms with Crippen molar-refractivity contribution in [3.8, 4) is 0 Å². The van der Waals surface area contributed by atoms with Gasteiger partial charge in [0, 0.05) is 39.5 Å². The largest absolute Gasteiger partial charge is 0.460 e. The van der Waals surface area contributed by atoms with E-state index in [-0.39, 0.29) is 29.9 Å². The van der Waals surface area contributed by atoms with Crippen molar-refractivity contribution in [1.29, 1.82) is 0 Å². The monoisotopic (exact) mass is 525 g/mol. The Balaban J connectivity index is 0.00000729. The lowest BCUT2D eigenvalue weighted by Crippen LogP contribution is -2.37. The molecule has 0 aliphatic heterocycles. The average Bonchev–Trinajstić information content (AvgIpc) is 3.04. The van der Waals surface area contributed by atoms with Gasteiger partial charge in [0.15, 0.2) is 11.1 Å². The molecule has 1 aromatic rings. The fraction of sp³-hybridized carbons (Fsp3) is 0.737. The first kappa shape index (κ1) is 26.9. The third-order valence-corrected chi connectivity index (χ3v) is 4.66. The molecule has 0 saturated carbocycles. The van der Waals surface area contributed by atoms with Crippen molar-refractivity contribution < 1.29 is 9.53 Å². The van der Waals surface area contributed by atoms with Crippen LogP contribution >= 0.6 is 35.3 Å². The number of carbonyl (C=O) groups is 1. The van der Waals surface area contributed by atoms with Gasteiger partial charge in [-0.05, 0) is 33.6 Å². The van der Waals surface area contributed by atoms with E-state index in [0.29, 0.717) is 13.0 Å². The molecule has 0 bridgehead atoms. The van der Waals surface area contributed by atoms with E-state index in [0.717, 1.165) is 49.0 Å². The van der Waals surface area contributed by atoms with Gasteiger partial charge in [-0.1, -0.05) is 12.8 Å². The number of guanidine groups is 1. The number of esters is 1. The number of aromatic nitrogens is 1. The smallest absolute Gasteiger partial charge is 0.306 e. The van der Waals surface area contributed by atoms with Gasteiger partial charge in [0.2, 0.25) is 0 Å². The molecule has 162 valence electrons. The zero-order chi connectivity index (χ0) is 20.3. The number of carbonyl (C=O) groups excluding carboxylic acids is 1. The highest BCUT2D eigenvalue weighted by Gasteiger charge is 2.15. The summed E-state index contributed by atoms with van der Waals surface area (Å²) in [5, 5.41) is 9.65. The number of nitrogens with zero attached hydrogens (tertiary/aromatic N) is 3. The third kappa shape index (κ3) is 12.4. The molecule has 0 fully saturated rings. The van der Waals surface area contributed by atoms with Crippen LogP contribution in [0.2, 0.25) is 0 Å². The number of aliphatic imine (C=N–C) groups is 1. The zero-order valence-electron chi connectivity index (χ0n) is 18.0. The lowest BCUT2D eigenvalue weighted by Gasteiger charge is -2.19. The van der Waals surface area contributed by atoms with Crippen LogP contribution in [0.3, 0.4) is 0 Å². The number of halogens is 1. The van der Waals surface area contributed by atoms with Crippen molar-refractivity contribution in [2.75, 3.05) is 32.6 Å². The van der Waals surface area contributed by atoms with Crippen LogP contribution in [-0.2, 0) is 16.1 Å². The summed E-state index contributed by atoms with van der Waals surface area (Å²) < 4.78 is 5.31. The molecular formula is C19H36IN5O2S. The number of hydrogen-bond acceptors (Lipinski definition) is 6. The highest BCUT2D eigenvalue weighted by molar-refractivity contribution is 14.0. The minimum Gasteiger partial charge on any atom is -0.460 e. The zero-order valence-corrected chi connectivity index (χ0v) is 21.1. The van der Waals surface area contributed by atoms with E-state index >= 15 is 0 Å². The van der Waals surface area contributed by atoms with Gasteiger partial charge in [0.1, 0.15) is 5.60 Å². The maximum atomic E-state index is 11.6. The summed E-state index contributed by atoms with van der Waals surface area (Å²) in [5.41, 5.74) is 0.616. The van der Waals surface area contributed by atoms with Gasteiger partial charge < -0.3 is 20.3 Å². The molecule has 0 spiro atoms. The van der Waals surface area contributed by atoms with Gasteiger partial charge in [-0.3, -0.25) is 9.79 Å². The Morgan fingerprint density at radius 3 is 2.46 bits per heavy atom. The minimum atomic E-state index is -0.392. The average molecular weight is 526 g/mol.